The molecular weight excluding hydrogens is 553 g/mol. The molecule has 34 heavy (non-hydrogen) atoms. The Morgan fingerprint density at radius 1 is 0.676 bits per heavy atom. The van der Waals surface area contributed by atoms with Crippen molar-refractivity contribution in [2.45, 2.75) is 23.9 Å². The van der Waals surface area contributed by atoms with E-state index in [4.69, 9.17) is 5.73 Å². The summed E-state index contributed by atoms with van der Waals surface area (Å²) in [4.78, 5) is 0.143. The molecule has 0 heterocycles. The summed E-state index contributed by atoms with van der Waals surface area (Å²) >= 11 is 1.82. The van der Waals surface area contributed by atoms with Crippen LogP contribution in [0.1, 0.15) is 28.8 Å². The molecule has 4 aromatic carbocycles. The number of sulfonamides is 1. The van der Waals surface area contributed by atoms with E-state index in [1.807, 2.05) is 121 Å². The number of benzene rings is 4. The van der Waals surface area contributed by atoms with Crippen LogP contribution in [0.3, 0.4) is 0 Å². The quantitative estimate of drug-likeness (QED) is 0.218. The van der Waals surface area contributed by atoms with Gasteiger partial charge in [0, 0.05) is 4.90 Å². The fourth-order valence-electron chi connectivity index (χ4n) is 3.11. The second-order valence-electron chi connectivity index (χ2n) is 7.29. The van der Waals surface area contributed by atoms with E-state index in [1.165, 1.54) is 0 Å². The summed E-state index contributed by atoms with van der Waals surface area (Å²) in [5.41, 5.74) is 11.0. The van der Waals surface area contributed by atoms with Crippen molar-refractivity contribution in [2.24, 2.45) is 0 Å². The van der Waals surface area contributed by atoms with E-state index in [0.29, 0.717) is 5.56 Å². The van der Waals surface area contributed by atoms with E-state index in [0.717, 1.165) is 11.1 Å². The summed E-state index contributed by atoms with van der Waals surface area (Å²) in [6, 6.07) is 35.3. The van der Waals surface area contributed by atoms with Gasteiger partial charge in [-0.1, -0.05) is 126 Å². The number of hydrogen-bond donors (Lipinski definition) is 0. The Balaban J connectivity index is 0.000000437. The van der Waals surface area contributed by atoms with Crippen molar-refractivity contribution >= 4 is 19.7 Å². The third-order valence-corrected chi connectivity index (χ3v) is 6.23. The van der Waals surface area contributed by atoms with Gasteiger partial charge < -0.3 is 10.5 Å². The van der Waals surface area contributed by atoms with Gasteiger partial charge in [-0.15, -0.1) is 12.1 Å². The Labute approximate surface area is 217 Å². The Bertz CT molecular complexity index is 1150. The molecule has 0 radical (unpaired) electrons. The SMILES string of the molecule is Cc1ccc(S(=O)(=O)[N-][C@H](c2ccccc2)[C@H]([NH-])c2ccccc2)cc1.[Cl][Ru+2].c1ccccc1. The molecule has 0 aliphatic heterocycles. The first kappa shape index (κ1) is 27.9. The summed E-state index contributed by atoms with van der Waals surface area (Å²) in [6.07, 6.45) is 0. The van der Waals surface area contributed by atoms with Gasteiger partial charge in [-0.3, -0.25) is 0 Å². The molecule has 0 bridgehead atoms. The van der Waals surface area contributed by atoms with Crippen molar-refractivity contribution in [1.82, 2.24) is 0 Å². The van der Waals surface area contributed by atoms with Crippen molar-refractivity contribution in [3.63, 3.8) is 0 Å². The van der Waals surface area contributed by atoms with Gasteiger partial charge in [0.1, 0.15) is 10.0 Å². The van der Waals surface area contributed by atoms with E-state index in [-0.39, 0.29) is 4.90 Å². The maximum absolute atomic E-state index is 12.8. The van der Waals surface area contributed by atoms with Gasteiger partial charge in [0.15, 0.2) is 0 Å². The molecular formula is C27H26ClN2O2RuS. The van der Waals surface area contributed by atoms with Crippen LogP contribution in [-0.2, 0) is 27.3 Å². The molecule has 1 N–H and O–H groups in total. The molecule has 4 aromatic rings. The monoisotopic (exact) mass is 579 g/mol. The van der Waals surface area contributed by atoms with Crippen LogP contribution < -0.4 is 0 Å². The summed E-state index contributed by atoms with van der Waals surface area (Å²) in [5.74, 6) is 0. The first-order valence-corrected chi connectivity index (χ1v) is 14.1. The second-order valence-corrected chi connectivity index (χ2v) is 8.92. The van der Waals surface area contributed by atoms with Gasteiger partial charge in [-0.25, -0.2) is 8.42 Å². The molecule has 0 saturated carbocycles. The zero-order valence-electron chi connectivity index (χ0n) is 18.6. The fourth-order valence-corrected chi connectivity index (χ4v) is 4.26. The van der Waals surface area contributed by atoms with Crippen LogP contribution in [0.25, 0.3) is 10.5 Å². The van der Waals surface area contributed by atoms with Crippen molar-refractivity contribution in [3.8, 4) is 0 Å². The summed E-state index contributed by atoms with van der Waals surface area (Å²) in [7, 11) is 0.696. The molecule has 0 amide bonds. The molecule has 0 fully saturated rings. The van der Waals surface area contributed by atoms with Crippen molar-refractivity contribution in [2.75, 3.05) is 0 Å². The second kappa shape index (κ2) is 14.8. The molecule has 4 rings (SSSR count). The minimum absolute atomic E-state index is 0.143. The zero-order chi connectivity index (χ0) is 24.8. The topological polar surface area (TPSA) is 72.0 Å². The predicted molar refractivity (Wildman–Crippen MR) is 137 cm³/mol. The Hall–Kier alpha value is -2.34. The number of aryl methyl sites for hydroxylation is 1. The molecule has 0 aliphatic carbocycles. The summed E-state index contributed by atoms with van der Waals surface area (Å²) in [6.45, 7) is 1.90. The molecule has 0 spiro atoms. The Kier molecular flexibility index (Phi) is 12.2. The molecule has 0 saturated heterocycles. The average molecular weight is 579 g/mol. The van der Waals surface area contributed by atoms with Gasteiger partial charge in [0.05, 0.1) is 0 Å². The van der Waals surface area contributed by atoms with Crippen LogP contribution >= 0.6 is 9.69 Å². The first-order valence-electron chi connectivity index (χ1n) is 10.5. The third kappa shape index (κ3) is 8.79. The smallest absolute Gasteiger partial charge is 0.0623 e. The fraction of sp³-hybridized carbons (Fsp3) is 0.111. The Morgan fingerprint density at radius 2 is 1.06 bits per heavy atom. The molecule has 0 aliphatic rings. The van der Waals surface area contributed by atoms with E-state index >= 15 is 0 Å². The van der Waals surface area contributed by atoms with Crippen LogP contribution in [0, 0.1) is 6.92 Å². The van der Waals surface area contributed by atoms with E-state index in [2.05, 4.69) is 14.4 Å². The third-order valence-electron chi connectivity index (χ3n) is 4.85. The van der Waals surface area contributed by atoms with Gasteiger partial charge in [-0.2, -0.15) is 0 Å². The van der Waals surface area contributed by atoms with Gasteiger partial charge in [0.25, 0.3) is 0 Å². The maximum atomic E-state index is 12.8. The van der Waals surface area contributed by atoms with Crippen LogP contribution in [0.2, 0.25) is 0 Å². The number of rotatable bonds is 6. The van der Waals surface area contributed by atoms with Crippen LogP contribution in [0.15, 0.2) is 126 Å². The summed E-state index contributed by atoms with van der Waals surface area (Å²) in [5, 5.41) is 0. The zero-order valence-corrected chi connectivity index (χ0v) is 21.9. The van der Waals surface area contributed by atoms with Gasteiger partial charge >= 0.3 is 27.0 Å². The molecule has 0 aromatic heterocycles. The average Bonchev–Trinajstić information content (AvgIpc) is 2.91. The Morgan fingerprint density at radius 3 is 1.50 bits per heavy atom. The molecule has 7 heteroatoms. The number of nitrogens with zero attached hydrogens (tertiary/aromatic N) is 1. The predicted octanol–water partition coefficient (Wildman–Crippen LogP) is 7.97. The van der Waals surface area contributed by atoms with Crippen LogP contribution in [-0.4, -0.2) is 8.42 Å². The minimum Gasteiger partial charge on any atom is -0.0623 e. The first-order chi connectivity index (χ1) is 16.5. The van der Waals surface area contributed by atoms with Crippen LogP contribution in [0.4, 0.5) is 0 Å². The van der Waals surface area contributed by atoms with Crippen molar-refractivity contribution in [3.05, 3.63) is 148 Å². The number of hydrogen-bond acceptors (Lipinski definition) is 2. The van der Waals surface area contributed by atoms with Gasteiger partial charge in [-0.05, 0) is 19.1 Å². The van der Waals surface area contributed by atoms with E-state index < -0.39 is 22.1 Å². The van der Waals surface area contributed by atoms with E-state index in [1.54, 1.807) is 24.3 Å². The number of nitrogens with one attached hydrogen (secondary N) is 1. The molecule has 0 unspecified atom stereocenters. The number of halogens is 1. The van der Waals surface area contributed by atoms with Crippen molar-refractivity contribution in [1.29, 1.82) is 0 Å². The minimum atomic E-state index is -3.87. The standard InChI is InChI=1S/C21H20N2O2S.C6H6.ClH.Ru/c1-16-12-14-19(15-13-16)26(24,25)23-21(18-10-6-3-7-11-18)20(22)17-8-4-2-5-9-17;1-2-4-6-5-3-1;;/h2-15,20-22H,1H3;1-6H;1H;/q-2;;;+3/p-1/t20-,21-;;;/m1.../s1. The van der Waals surface area contributed by atoms with Crippen molar-refractivity contribution < 1.29 is 25.7 Å². The maximum Gasteiger partial charge on any atom is -0.0623 e. The van der Waals surface area contributed by atoms with Gasteiger partial charge in [0.2, 0.25) is 0 Å². The van der Waals surface area contributed by atoms with E-state index in [9.17, 15) is 8.42 Å². The normalized spacial score (nSPS) is 12.2. The molecule has 4 nitrogen and oxygen atoms in total. The van der Waals surface area contributed by atoms with Crippen LogP contribution in [0.5, 0.6) is 0 Å². The molecule has 2 atom stereocenters. The summed E-state index contributed by atoms with van der Waals surface area (Å²) < 4.78 is 29.8. The largest absolute Gasteiger partial charge is 0.0623 e. The molecule has 177 valence electrons.